The summed E-state index contributed by atoms with van der Waals surface area (Å²) < 4.78 is 5.30. The molecule has 0 nitrogen and oxygen atoms in total. The van der Waals surface area contributed by atoms with Crippen LogP contribution in [0.25, 0.3) is 9.75 Å². The van der Waals surface area contributed by atoms with Gasteiger partial charge in [0.2, 0.25) is 0 Å². The molecule has 0 bridgehead atoms. The number of fused-ring (bicyclic) bond motifs is 3. The molecule has 0 N–H and O–H groups in total. The molecule has 89 valence electrons. The summed E-state index contributed by atoms with van der Waals surface area (Å²) in [6, 6.07) is 5.08. The Labute approximate surface area is 121 Å². The van der Waals surface area contributed by atoms with Crippen molar-refractivity contribution < 1.29 is 0 Å². The third kappa shape index (κ3) is 1.82. The number of hydrogen-bond donors (Lipinski definition) is 0. The number of hydrogen-bond acceptors (Lipinski definition) is 2. The van der Waals surface area contributed by atoms with Crippen molar-refractivity contribution in [3.05, 3.63) is 17.0 Å². The van der Waals surface area contributed by atoms with Gasteiger partial charge in [0.15, 0.2) is 0 Å². The monoisotopic (exact) mass is 431 g/mol. The first-order valence-corrected chi connectivity index (χ1v) is 21.0. The van der Waals surface area contributed by atoms with Gasteiger partial charge in [0.05, 0.1) is 0 Å². The summed E-state index contributed by atoms with van der Waals surface area (Å²) in [5, 5.41) is 0. The van der Waals surface area contributed by atoms with E-state index in [0.29, 0.717) is 0 Å². The summed E-state index contributed by atoms with van der Waals surface area (Å²) >= 11 is 1.11. The molecule has 0 fully saturated rings. The minimum absolute atomic E-state index is 1.17. The zero-order valence-corrected chi connectivity index (χ0v) is 17.6. The average molecular weight is 429 g/mol. The Bertz CT molecular complexity index is 593. The van der Waals surface area contributed by atoms with Crippen molar-refractivity contribution in [3.8, 4) is 9.75 Å². The molecular formula is C13H17GeS2Sn. The molecule has 2 aromatic heterocycles. The van der Waals surface area contributed by atoms with Crippen molar-refractivity contribution in [2.75, 3.05) is 0 Å². The summed E-state index contributed by atoms with van der Waals surface area (Å²) in [4.78, 5) is 9.82. The molecule has 0 amide bonds. The molecule has 4 heteroatoms. The second kappa shape index (κ2) is 4.12. The minimum atomic E-state index is -1.88. The Hall–Kier alpha value is 0.742. The molecular weight excluding hydrogens is 412 g/mol. The van der Waals surface area contributed by atoms with Crippen LogP contribution in [0.5, 0.6) is 0 Å². The Morgan fingerprint density at radius 2 is 1.59 bits per heavy atom. The summed E-state index contributed by atoms with van der Waals surface area (Å²) in [6.07, 6.45) is 0. The van der Waals surface area contributed by atoms with Crippen molar-refractivity contribution in [1.29, 1.82) is 0 Å². The molecule has 0 unspecified atom stereocenters. The fourth-order valence-electron chi connectivity index (χ4n) is 2.56. The SMILES string of the molecule is Cc1c[c]2c(s1)-c1s[c]([Sn]([CH3])[CH3])c[c]1[Ge]2([CH3])[CH3]. The molecule has 17 heavy (non-hydrogen) atoms. The summed E-state index contributed by atoms with van der Waals surface area (Å²) in [7, 11) is 0. The maximum absolute atomic E-state index is 2.61. The van der Waals surface area contributed by atoms with Crippen molar-refractivity contribution >= 4 is 67.4 Å². The molecule has 2 aromatic rings. The van der Waals surface area contributed by atoms with E-state index in [9.17, 15) is 0 Å². The fraction of sp³-hybridized carbons (Fsp3) is 0.385. The van der Waals surface area contributed by atoms with Crippen LogP contribution in [0.2, 0.25) is 21.4 Å². The summed E-state index contributed by atoms with van der Waals surface area (Å²) in [5.41, 5.74) is 0. The predicted octanol–water partition coefficient (Wildman–Crippen LogP) is 2.88. The van der Waals surface area contributed by atoms with E-state index in [-0.39, 0.29) is 0 Å². The van der Waals surface area contributed by atoms with Gasteiger partial charge in [-0.3, -0.25) is 0 Å². The van der Waals surface area contributed by atoms with Crippen LogP contribution in [0.4, 0.5) is 0 Å². The van der Waals surface area contributed by atoms with Crippen LogP contribution >= 0.6 is 22.7 Å². The van der Waals surface area contributed by atoms with Gasteiger partial charge in [0.25, 0.3) is 0 Å². The van der Waals surface area contributed by atoms with Crippen molar-refractivity contribution in [2.45, 2.75) is 28.3 Å². The fourth-order valence-corrected chi connectivity index (χ4v) is 19.3. The molecule has 0 spiro atoms. The van der Waals surface area contributed by atoms with E-state index in [1.54, 1.807) is 21.4 Å². The van der Waals surface area contributed by atoms with Crippen molar-refractivity contribution in [1.82, 2.24) is 0 Å². The normalized spacial score (nSPS) is 16.4. The standard InChI is InChI=1S/C11H11GeS2.2CH3.Sn/c1-7-6-9-11(14-7)10-8(4-5-13-10)12(9,2)3;;;/h4,6H,1-3H3;2*1H3;. The summed E-state index contributed by atoms with van der Waals surface area (Å²) in [5.74, 6) is 5.14. The second-order valence-electron chi connectivity index (χ2n) is 5.58. The molecule has 0 saturated heterocycles. The third-order valence-corrected chi connectivity index (χ3v) is 20.7. The van der Waals surface area contributed by atoms with Crippen LogP contribution in [-0.4, -0.2) is 33.0 Å². The van der Waals surface area contributed by atoms with Gasteiger partial charge in [-0.15, -0.1) is 0 Å². The summed E-state index contributed by atoms with van der Waals surface area (Å²) in [6.45, 7) is 2.26. The van der Waals surface area contributed by atoms with E-state index in [4.69, 9.17) is 0 Å². The van der Waals surface area contributed by atoms with E-state index in [1.807, 2.05) is 11.3 Å². The predicted molar refractivity (Wildman–Crippen MR) is 86.2 cm³/mol. The third-order valence-electron chi connectivity index (χ3n) is 3.63. The molecule has 1 radical (unpaired) electrons. The first-order valence-electron chi connectivity index (χ1n) is 5.97. The number of aryl methyl sites for hydroxylation is 1. The van der Waals surface area contributed by atoms with Gasteiger partial charge in [-0.2, -0.15) is 0 Å². The van der Waals surface area contributed by atoms with E-state index < -0.39 is 33.0 Å². The van der Waals surface area contributed by atoms with E-state index in [1.165, 1.54) is 4.88 Å². The molecule has 3 rings (SSSR count). The van der Waals surface area contributed by atoms with Crippen LogP contribution in [0, 0.1) is 6.92 Å². The number of rotatable bonds is 1. The van der Waals surface area contributed by atoms with E-state index in [2.05, 4.69) is 51.8 Å². The maximum atomic E-state index is 2.61. The van der Waals surface area contributed by atoms with Crippen LogP contribution in [0.1, 0.15) is 4.88 Å². The first kappa shape index (κ1) is 12.8. The molecule has 3 heterocycles. The van der Waals surface area contributed by atoms with Gasteiger partial charge in [-0.25, -0.2) is 0 Å². The van der Waals surface area contributed by atoms with E-state index >= 15 is 0 Å². The second-order valence-corrected chi connectivity index (χ2v) is 25.2. The molecule has 0 aliphatic carbocycles. The van der Waals surface area contributed by atoms with Gasteiger partial charge in [0.1, 0.15) is 0 Å². The van der Waals surface area contributed by atoms with Crippen LogP contribution in [-0.2, 0) is 0 Å². The number of thiophene rings is 2. The van der Waals surface area contributed by atoms with Crippen molar-refractivity contribution in [3.63, 3.8) is 0 Å². The molecule has 1 aliphatic heterocycles. The Morgan fingerprint density at radius 1 is 1.00 bits per heavy atom. The van der Waals surface area contributed by atoms with Crippen LogP contribution in [0.3, 0.4) is 0 Å². The molecule has 0 aromatic carbocycles. The molecule has 0 atom stereocenters. The van der Waals surface area contributed by atoms with Gasteiger partial charge < -0.3 is 0 Å². The topological polar surface area (TPSA) is 0 Å². The van der Waals surface area contributed by atoms with Crippen LogP contribution < -0.4 is 11.7 Å². The Morgan fingerprint density at radius 3 is 2.24 bits per heavy atom. The van der Waals surface area contributed by atoms with Gasteiger partial charge in [-0.1, -0.05) is 0 Å². The molecule has 0 saturated carbocycles. The zero-order chi connectivity index (χ0) is 12.4. The zero-order valence-electron chi connectivity index (χ0n) is 11.0. The van der Waals surface area contributed by atoms with Crippen LogP contribution in [0.15, 0.2) is 12.1 Å². The molecule has 1 aliphatic rings. The van der Waals surface area contributed by atoms with Gasteiger partial charge in [-0.05, 0) is 0 Å². The average Bonchev–Trinajstić information content (AvgIpc) is 2.83. The quantitative estimate of drug-likeness (QED) is 0.613. The van der Waals surface area contributed by atoms with Gasteiger partial charge >= 0.3 is 122 Å². The Balaban J connectivity index is 2.27. The van der Waals surface area contributed by atoms with Crippen molar-refractivity contribution in [2.24, 2.45) is 0 Å². The first-order chi connectivity index (χ1) is 7.91. The Kier molecular flexibility index (Phi) is 3.09. The van der Waals surface area contributed by atoms with Gasteiger partial charge in [0, 0.05) is 0 Å². The van der Waals surface area contributed by atoms with E-state index in [0.717, 1.165) is 0 Å².